The molecule has 0 spiro atoms. The van der Waals surface area contributed by atoms with E-state index in [9.17, 15) is 14.4 Å². The third-order valence-electron chi connectivity index (χ3n) is 2.92. The molecule has 0 radical (unpaired) electrons. The molecule has 0 amide bonds. The number of rotatable bonds is 5. The molecule has 0 unspecified atom stereocenters. The van der Waals surface area contributed by atoms with Crippen molar-refractivity contribution in [3.63, 3.8) is 0 Å². The van der Waals surface area contributed by atoms with Crippen LogP contribution in [0.25, 0.3) is 0 Å². The van der Waals surface area contributed by atoms with Crippen LogP contribution in [0.1, 0.15) is 48.0 Å². The number of carbonyl (C=O) groups is 3. The summed E-state index contributed by atoms with van der Waals surface area (Å²) < 4.78 is 0. The van der Waals surface area contributed by atoms with Crippen LogP contribution in [0.3, 0.4) is 0 Å². The van der Waals surface area contributed by atoms with Gasteiger partial charge in [0.1, 0.15) is 0 Å². The average Bonchev–Trinajstić information content (AvgIpc) is 2.45. The van der Waals surface area contributed by atoms with Crippen LogP contribution in [-0.4, -0.2) is 44.4 Å². The fourth-order valence-corrected chi connectivity index (χ4v) is 0.504. The summed E-state index contributed by atoms with van der Waals surface area (Å²) in [7, 11) is 0. The van der Waals surface area contributed by atoms with E-state index in [0.29, 0.717) is 5.57 Å². The van der Waals surface area contributed by atoms with Crippen molar-refractivity contribution in [1.29, 1.82) is 0 Å². The van der Waals surface area contributed by atoms with Gasteiger partial charge in [-0.05, 0) is 34.1 Å². The molecular weight excluding hydrogens is 292 g/mol. The molecule has 0 aliphatic heterocycles. The van der Waals surface area contributed by atoms with E-state index in [0.717, 1.165) is 6.42 Å². The summed E-state index contributed by atoms with van der Waals surface area (Å²) in [6.45, 7) is 9.73. The summed E-state index contributed by atoms with van der Waals surface area (Å²) >= 11 is 0. The lowest BCUT2D eigenvalue weighted by atomic mass is 10.1. The molecule has 4 N–H and O–H groups in total. The minimum absolute atomic E-state index is 0.181. The summed E-state index contributed by atoms with van der Waals surface area (Å²) in [6.07, 6.45) is 1.52. The van der Waals surface area contributed by atoms with Gasteiger partial charge in [-0.25, -0.2) is 4.79 Å². The van der Waals surface area contributed by atoms with E-state index >= 15 is 0 Å². The first-order valence-corrected chi connectivity index (χ1v) is 6.92. The Morgan fingerprint density at radius 2 is 1.41 bits per heavy atom. The van der Waals surface area contributed by atoms with E-state index in [1.54, 1.807) is 26.8 Å². The molecular formula is C15H28O7. The van der Waals surface area contributed by atoms with Crippen LogP contribution in [0.2, 0.25) is 0 Å². The zero-order valence-corrected chi connectivity index (χ0v) is 14.0. The van der Waals surface area contributed by atoms with Gasteiger partial charge >= 0.3 is 17.9 Å². The van der Waals surface area contributed by atoms with Crippen molar-refractivity contribution in [1.82, 2.24) is 0 Å². The number of carboxylic acids is 3. The van der Waals surface area contributed by atoms with Crippen LogP contribution >= 0.6 is 0 Å². The third-order valence-corrected chi connectivity index (χ3v) is 2.92. The maximum absolute atomic E-state index is 9.98. The molecule has 22 heavy (non-hydrogen) atoms. The van der Waals surface area contributed by atoms with E-state index in [1.165, 1.54) is 13.8 Å². The molecule has 130 valence electrons. The summed E-state index contributed by atoms with van der Waals surface area (Å²) in [5, 5.41) is 33.1. The van der Waals surface area contributed by atoms with Gasteiger partial charge in [0.2, 0.25) is 0 Å². The lowest BCUT2D eigenvalue weighted by Gasteiger charge is -2.06. The van der Waals surface area contributed by atoms with Crippen molar-refractivity contribution in [2.24, 2.45) is 11.8 Å². The molecule has 3 atom stereocenters. The van der Waals surface area contributed by atoms with Gasteiger partial charge in [0.05, 0.1) is 17.9 Å². The molecule has 0 saturated carbocycles. The predicted molar refractivity (Wildman–Crippen MR) is 82.6 cm³/mol. The summed E-state index contributed by atoms with van der Waals surface area (Å²) in [6, 6.07) is 0. The topological polar surface area (TPSA) is 132 Å². The van der Waals surface area contributed by atoms with Crippen LogP contribution in [0.4, 0.5) is 0 Å². The summed E-state index contributed by atoms with van der Waals surface area (Å²) in [4.78, 5) is 29.8. The Morgan fingerprint density at radius 1 is 1.00 bits per heavy atom. The maximum Gasteiger partial charge on any atom is 0.330 e. The Bertz CT molecular complexity index is 372. The molecule has 0 fully saturated rings. The standard InChI is InChI=1S/C5H10O3.C5H10O2.C5H8O2/c1-3(4(2)6)5(7)8;2*1-3-4(2)5(6)7/h3-4,6H,1-2H3,(H,7,8);4H,3H2,1-2H3,(H,6,7);3H,1-2H3,(H,6,7)/b;;4-3+/t3-,4+;4-;/m01./s1. The molecule has 0 saturated heterocycles. The summed E-state index contributed by atoms with van der Waals surface area (Å²) in [5.41, 5.74) is 0.389. The van der Waals surface area contributed by atoms with Gasteiger partial charge in [0.15, 0.2) is 0 Å². The second-order valence-electron chi connectivity index (χ2n) is 4.79. The fourth-order valence-electron chi connectivity index (χ4n) is 0.504. The van der Waals surface area contributed by atoms with Gasteiger partial charge < -0.3 is 20.4 Å². The van der Waals surface area contributed by atoms with E-state index in [-0.39, 0.29) is 5.92 Å². The quantitative estimate of drug-likeness (QED) is 0.571. The largest absolute Gasteiger partial charge is 0.481 e. The number of allylic oxidation sites excluding steroid dienone is 1. The molecule has 0 heterocycles. The highest BCUT2D eigenvalue weighted by atomic mass is 16.4. The molecule has 0 bridgehead atoms. The summed E-state index contributed by atoms with van der Waals surface area (Å²) in [5.74, 6) is -3.35. The van der Waals surface area contributed by atoms with Crippen LogP contribution in [0, 0.1) is 11.8 Å². The normalized spacial score (nSPS) is 14.2. The van der Waals surface area contributed by atoms with Crippen LogP contribution in [0.15, 0.2) is 11.6 Å². The molecule has 0 aliphatic carbocycles. The Morgan fingerprint density at radius 3 is 1.41 bits per heavy atom. The van der Waals surface area contributed by atoms with Gasteiger partial charge in [-0.2, -0.15) is 0 Å². The van der Waals surface area contributed by atoms with E-state index < -0.39 is 29.9 Å². The lowest BCUT2D eigenvalue weighted by Crippen LogP contribution is -2.21. The van der Waals surface area contributed by atoms with Gasteiger partial charge in [0, 0.05) is 5.57 Å². The number of aliphatic hydroxyl groups is 1. The first-order valence-electron chi connectivity index (χ1n) is 6.92. The Kier molecular flexibility index (Phi) is 16.0. The van der Waals surface area contributed by atoms with Crippen molar-refractivity contribution >= 4 is 17.9 Å². The third kappa shape index (κ3) is 16.2. The molecule has 0 aromatic heterocycles. The van der Waals surface area contributed by atoms with Gasteiger partial charge in [-0.3, -0.25) is 9.59 Å². The molecule has 7 heteroatoms. The van der Waals surface area contributed by atoms with Gasteiger partial charge in [-0.1, -0.05) is 19.9 Å². The highest BCUT2D eigenvalue weighted by Crippen LogP contribution is 2.00. The van der Waals surface area contributed by atoms with E-state index in [4.69, 9.17) is 20.4 Å². The van der Waals surface area contributed by atoms with Crippen LogP contribution < -0.4 is 0 Å². The van der Waals surface area contributed by atoms with Crippen molar-refractivity contribution in [2.45, 2.75) is 54.1 Å². The number of aliphatic carboxylic acids is 3. The highest BCUT2D eigenvalue weighted by molar-refractivity contribution is 5.85. The average molecular weight is 320 g/mol. The zero-order valence-electron chi connectivity index (χ0n) is 14.0. The Hall–Kier alpha value is -1.89. The van der Waals surface area contributed by atoms with Gasteiger partial charge in [-0.15, -0.1) is 0 Å². The number of hydrogen-bond donors (Lipinski definition) is 4. The van der Waals surface area contributed by atoms with Gasteiger partial charge in [0.25, 0.3) is 0 Å². The van der Waals surface area contributed by atoms with Crippen molar-refractivity contribution < 1.29 is 34.8 Å². The second-order valence-corrected chi connectivity index (χ2v) is 4.79. The minimum Gasteiger partial charge on any atom is -0.481 e. The lowest BCUT2D eigenvalue weighted by molar-refractivity contribution is -0.144. The molecule has 0 aromatic carbocycles. The smallest absolute Gasteiger partial charge is 0.330 e. The van der Waals surface area contributed by atoms with Crippen molar-refractivity contribution in [3.05, 3.63) is 11.6 Å². The fraction of sp³-hybridized carbons (Fsp3) is 0.667. The molecule has 0 aromatic rings. The Balaban J connectivity index is -0.000000247. The SMILES string of the molecule is C/C=C(\C)C(=O)O.CC[C@@H](C)C(=O)O.C[C@H](C(=O)O)[C@@H](C)O. The van der Waals surface area contributed by atoms with E-state index in [1.807, 2.05) is 6.92 Å². The van der Waals surface area contributed by atoms with Crippen LogP contribution in [-0.2, 0) is 14.4 Å². The first-order chi connectivity index (χ1) is 9.91. The van der Waals surface area contributed by atoms with Crippen molar-refractivity contribution in [3.8, 4) is 0 Å². The predicted octanol–water partition coefficient (Wildman–Crippen LogP) is 2.24. The highest BCUT2D eigenvalue weighted by Gasteiger charge is 2.15. The Labute approximate surface area is 131 Å². The first kappa shape index (κ1) is 25.1. The second kappa shape index (κ2) is 14.1. The molecule has 0 rings (SSSR count). The minimum atomic E-state index is -0.958. The van der Waals surface area contributed by atoms with Crippen LogP contribution in [0.5, 0.6) is 0 Å². The number of aliphatic hydroxyl groups excluding tert-OH is 1. The number of hydrogen-bond acceptors (Lipinski definition) is 4. The molecule has 0 aliphatic rings. The zero-order chi connectivity index (χ0) is 18.5. The van der Waals surface area contributed by atoms with E-state index in [2.05, 4.69) is 0 Å². The number of carboxylic acid groups (broad SMARTS) is 3. The maximum atomic E-state index is 9.98. The monoisotopic (exact) mass is 320 g/mol. The van der Waals surface area contributed by atoms with Crippen molar-refractivity contribution in [2.75, 3.05) is 0 Å². The molecule has 7 nitrogen and oxygen atoms in total.